The van der Waals surface area contributed by atoms with Crippen molar-refractivity contribution in [3.63, 3.8) is 0 Å². The molecule has 240 valence electrons. The minimum Gasteiger partial charge on any atom is -0.311 e. The highest BCUT2D eigenvalue weighted by Gasteiger charge is 2.17. The van der Waals surface area contributed by atoms with Gasteiger partial charge in [-0.25, -0.2) is 0 Å². The van der Waals surface area contributed by atoms with Crippen LogP contribution >= 0.6 is 0 Å². The summed E-state index contributed by atoms with van der Waals surface area (Å²) in [6, 6.07) is 64.6. The Labute approximate surface area is 298 Å². The van der Waals surface area contributed by atoms with Crippen LogP contribution in [0.2, 0.25) is 0 Å². The summed E-state index contributed by atoms with van der Waals surface area (Å²) in [6.45, 7) is 0. The Bertz CT molecular complexity index is 2770. The number of para-hydroxylation sites is 1. The minimum atomic E-state index is 1.07. The summed E-state index contributed by atoms with van der Waals surface area (Å²) in [5, 5.41) is 10.4. The molecule has 1 nitrogen and oxygen atoms in total. The van der Waals surface area contributed by atoms with Crippen molar-refractivity contribution >= 4 is 66.2 Å². The van der Waals surface area contributed by atoms with Crippen molar-refractivity contribution < 1.29 is 0 Å². The molecule has 51 heavy (non-hydrogen) atoms. The highest BCUT2D eigenvalue weighted by molar-refractivity contribution is 6.20. The summed E-state index contributed by atoms with van der Waals surface area (Å²) < 4.78 is 0. The van der Waals surface area contributed by atoms with Gasteiger partial charge >= 0.3 is 0 Å². The van der Waals surface area contributed by atoms with Crippen LogP contribution in [0.5, 0.6) is 0 Å². The highest BCUT2D eigenvalue weighted by Crippen LogP contribution is 2.41. The Kier molecular flexibility index (Phi) is 7.03. The predicted molar refractivity (Wildman–Crippen MR) is 219 cm³/mol. The third-order valence-electron chi connectivity index (χ3n) is 10.7. The minimum absolute atomic E-state index is 1.07. The SMILES string of the molecule is C1=Cc2c(c(-c3ccc(N(c4ccccc4)c4ccc(-c5ccc6ccc7ccc8ccccc8c7c6c5)cc4)cc3)cc3ccccc23)CC1. The van der Waals surface area contributed by atoms with Crippen LogP contribution in [0.1, 0.15) is 17.5 Å². The van der Waals surface area contributed by atoms with E-state index in [-0.39, 0.29) is 0 Å². The molecule has 0 fully saturated rings. The number of anilines is 3. The molecule has 0 saturated carbocycles. The van der Waals surface area contributed by atoms with E-state index in [1.165, 1.54) is 76.5 Å². The van der Waals surface area contributed by atoms with Crippen LogP contribution in [0, 0.1) is 0 Å². The van der Waals surface area contributed by atoms with Gasteiger partial charge in [0.15, 0.2) is 0 Å². The number of allylic oxidation sites excluding steroid dienone is 1. The fraction of sp³-hybridized carbons (Fsp3) is 0.0400. The van der Waals surface area contributed by atoms with E-state index in [0.29, 0.717) is 0 Å². The Morgan fingerprint density at radius 3 is 1.73 bits per heavy atom. The van der Waals surface area contributed by atoms with Gasteiger partial charge in [-0.2, -0.15) is 0 Å². The van der Waals surface area contributed by atoms with Crippen LogP contribution in [0.25, 0.3) is 71.4 Å². The molecule has 1 heteroatoms. The maximum atomic E-state index is 2.38. The lowest BCUT2D eigenvalue weighted by Crippen LogP contribution is -2.09. The van der Waals surface area contributed by atoms with E-state index >= 15 is 0 Å². The molecule has 10 rings (SSSR count). The summed E-state index contributed by atoms with van der Waals surface area (Å²) in [6.07, 6.45) is 6.79. The molecule has 0 radical (unpaired) electrons. The molecule has 0 N–H and O–H groups in total. The van der Waals surface area contributed by atoms with E-state index in [9.17, 15) is 0 Å². The molecule has 0 heterocycles. The van der Waals surface area contributed by atoms with Crippen molar-refractivity contribution in [1.29, 1.82) is 0 Å². The maximum absolute atomic E-state index is 2.38. The zero-order valence-electron chi connectivity index (χ0n) is 28.3. The van der Waals surface area contributed by atoms with Gasteiger partial charge in [-0.05, 0) is 138 Å². The van der Waals surface area contributed by atoms with E-state index in [2.05, 4.69) is 193 Å². The van der Waals surface area contributed by atoms with Gasteiger partial charge in [0, 0.05) is 17.1 Å². The van der Waals surface area contributed by atoms with E-state index < -0.39 is 0 Å². The maximum Gasteiger partial charge on any atom is 0.0462 e. The average molecular weight is 650 g/mol. The summed E-state index contributed by atoms with van der Waals surface area (Å²) in [4.78, 5) is 2.35. The standard InChI is InChI=1S/C50H35N/c1-2-12-41(13-3-1)51(43-30-26-36(27-31-43)48-33-40-11-5-6-14-44(40)46-16-8-9-17-47(46)48)42-28-24-34(25-29-42)39-23-20-37-19-22-38-21-18-35-10-4-7-15-45(35)50(38)49(37)32-39/h1-8,10-16,18-33H,9,17H2. The van der Waals surface area contributed by atoms with Crippen molar-refractivity contribution in [2.75, 3.05) is 4.90 Å². The predicted octanol–water partition coefficient (Wildman–Crippen LogP) is 14.1. The fourth-order valence-corrected chi connectivity index (χ4v) is 8.19. The molecule has 0 aromatic heterocycles. The van der Waals surface area contributed by atoms with Crippen molar-refractivity contribution in [2.45, 2.75) is 12.8 Å². The third-order valence-corrected chi connectivity index (χ3v) is 10.7. The third kappa shape index (κ3) is 5.09. The van der Waals surface area contributed by atoms with Gasteiger partial charge < -0.3 is 4.90 Å². The van der Waals surface area contributed by atoms with Crippen molar-refractivity contribution in [2.24, 2.45) is 0 Å². The highest BCUT2D eigenvalue weighted by atomic mass is 15.1. The molecule has 1 aliphatic carbocycles. The molecule has 0 spiro atoms. The van der Waals surface area contributed by atoms with Gasteiger partial charge in [0.1, 0.15) is 0 Å². The Balaban J connectivity index is 1.04. The van der Waals surface area contributed by atoms with Crippen LogP contribution in [-0.2, 0) is 6.42 Å². The molecule has 0 aliphatic heterocycles. The van der Waals surface area contributed by atoms with E-state index in [1.807, 2.05) is 0 Å². The molecule has 0 unspecified atom stereocenters. The lowest BCUT2D eigenvalue weighted by atomic mass is 9.85. The number of nitrogens with zero attached hydrogens (tertiary/aromatic N) is 1. The first-order valence-electron chi connectivity index (χ1n) is 17.9. The topological polar surface area (TPSA) is 3.24 Å². The first-order chi connectivity index (χ1) is 25.3. The quantitative estimate of drug-likeness (QED) is 0.168. The van der Waals surface area contributed by atoms with Gasteiger partial charge in [0.2, 0.25) is 0 Å². The second kappa shape index (κ2) is 12.2. The van der Waals surface area contributed by atoms with E-state index in [4.69, 9.17) is 0 Å². The second-order valence-electron chi connectivity index (χ2n) is 13.6. The largest absolute Gasteiger partial charge is 0.311 e. The van der Waals surface area contributed by atoms with E-state index in [0.717, 1.165) is 29.9 Å². The summed E-state index contributed by atoms with van der Waals surface area (Å²) in [5.74, 6) is 0. The van der Waals surface area contributed by atoms with E-state index in [1.54, 1.807) is 0 Å². The first kappa shape index (κ1) is 29.5. The second-order valence-corrected chi connectivity index (χ2v) is 13.6. The molecule has 9 aromatic rings. The van der Waals surface area contributed by atoms with Gasteiger partial charge in [-0.3, -0.25) is 0 Å². The van der Waals surface area contributed by atoms with Gasteiger partial charge in [0.25, 0.3) is 0 Å². The number of benzene rings is 9. The van der Waals surface area contributed by atoms with Crippen LogP contribution in [0.3, 0.4) is 0 Å². The molecule has 1 aliphatic rings. The Morgan fingerprint density at radius 2 is 0.961 bits per heavy atom. The molecular weight excluding hydrogens is 615 g/mol. The fourth-order valence-electron chi connectivity index (χ4n) is 8.19. The summed E-state index contributed by atoms with van der Waals surface area (Å²) in [5.41, 5.74) is 11.2. The lowest BCUT2D eigenvalue weighted by molar-refractivity contribution is 0.992. The van der Waals surface area contributed by atoms with Crippen LogP contribution in [0.15, 0.2) is 182 Å². The number of hydrogen-bond acceptors (Lipinski definition) is 1. The van der Waals surface area contributed by atoms with Crippen molar-refractivity contribution in [1.82, 2.24) is 0 Å². The number of rotatable bonds is 5. The summed E-state index contributed by atoms with van der Waals surface area (Å²) in [7, 11) is 0. The van der Waals surface area contributed by atoms with Crippen molar-refractivity contribution in [3.05, 3.63) is 193 Å². The van der Waals surface area contributed by atoms with Gasteiger partial charge in [-0.1, -0.05) is 140 Å². The molecule has 0 bridgehead atoms. The lowest BCUT2D eigenvalue weighted by Gasteiger charge is -2.26. The Morgan fingerprint density at radius 1 is 0.392 bits per heavy atom. The zero-order valence-corrected chi connectivity index (χ0v) is 28.3. The number of fused-ring (bicyclic) bond motifs is 8. The van der Waals surface area contributed by atoms with Crippen LogP contribution in [-0.4, -0.2) is 0 Å². The average Bonchev–Trinajstić information content (AvgIpc) is 3.21. The Hall–Kier alpha value is -6.44. The molecule has 0 saturated heterocycles. The molecule has 9 aromatic carbocycles. The molecule has 0 amide bonds. The van der Waals surface area contributed by atoms with Crippen molar-refractivity contribution in [3.8, 4) is 22.3 Å². The smallest absolute Gasteiger partial charge is 0.0462 e. The molecular formula is C50H35N. The first-order valence-corrected chi connectivity index (χ1v) is 17.9. The van der Waals surface area contributed by atoms with Crippen LogP contribution in [0.4, 0.5) is 17.1 Å². The van der Waals surface area contributed by atoms with Gasteiger partial charge in [0.05, 0.1) is 0 Å². The molecule has 0 atom stereocenters. The number of hydrogen-bond donors (Lipinski definition) is 0. The zero-order chi connectivity index (χ0) is 33.7. The monoisotopic (exact) mass is 649 g/mol. The van der Waals surface area contributed by atoms with Crippen LogP contribution < -0.4 is 4.90 Å². The van der Waals surface area contributed by atoms with Gasteiger partial charge in [-0.15, -0.1) is 0 Å². The summed E-state index contributed by atoms with van der Waals surface area (Å²) >= 11 is 0. The normalized spacial score (nSPS) is 12.5.